The summed E-state index contributed by atoms with van der Waals surface area (Å²) in [6, 6.07) is 12.9. The van der Waals surface area contributed by atoms with Gasteiger partial charge < -0.3 is 9.42 Å². The number of piperidine rings is 1. The van der Waals surface area contributed by atoms with E-state index in [1.54, 1.807) is 6.07 Å². The van der Waals surface area contributed by atoms with E-state index in [9.17, 15) is 10.1 Å². The predicted molar refractivity (Wildman–Crippen MR) is 103 cm³/mol. The van der Waals surface area contributed by atoms with Gasteiger partial charge in [-0.3, -0.25) is 10.1 Å². The van der Waals surface area contributed by atoms with E-state index in [-0.39, 0.29) is 16.5 Å². The molecule has 2 heterocycles. The Hall–Kier alpha value is -3.22. The van der Waals surface area contributed by atoms with Crippen molar-refractivity contribution in [3.63, 3.8) is 0 Å². The Kier molecular flexibility index (Phi) is 4.58. The van der Waals surface area contributed by atoms with Gasteiger partial charge in [0.25, 0.3) is 11.6 Å². The number of aromatic nitrogens is 2. The fourth-order valence-corrected chi connectivity index (χ4v) is 3.45. The number of hydrogen-bond donors (Lipinski definition) is 0. The molecule has 0 bridgehead atoms. The topological polar surface area (TPSA) is 85.3 Å². The first-order valence-corrected chi connectivity index (χ1v) is 9.06. The summed E-state index contributed by atoms with van der Waals surface area (Å²) in [5, 5.41) is 15.6. The summed E-state index contributed by atoms with van der Waals surface area (Å²) in [5.41, 5.74) is 3.23. The molecule has 3 aromatic rings. The van der Waals surface area contributed by atoms with Crippen molar-refractivity contribution in [3.05, 3.63) is 58.1 Å². The predicted octanol–water partition coefficient (Wildman–Crippen LogP) is 4.61. The molecule has 1 aliphatic heterocycles. The third kappa shape index (κ3) is 3.53. The van der Waals surface area contributed by atoms with E-state index < -0.39 is 0 Å². The molecule has 0 spiro atoms. The Balaban J connectivity index is 1.68. The Morgan fingerprint density at radius 1 is 1.07 bits per heavy atom. The molecule has 0 amide bonds. The van der Waals surface area contributed by atoms with Crippen LogP contribution in [0, 0.1) is 17.0 Å². The Bertz CT molecular complexity index is 977. The highest BCUT2D eigenvalue weighted by Crippen LogP contribution is 2.34. The highest BCUT2D eigenvalue weighted by atomic mass is 16.6. The third-order valence-electron chi connectivity index (χ3n) is 4.82. The molecule has 0 unspecified atom stereocenters. The summed E-state index contributed by atoms with van der Waals surface area (Å²) in [5.74, 6) is 0.747. The first kappa shape index (κ1) is 17.2. The van der Waals surface area contributed by atoms with Gasteiger partial charge >= 0.3 is 0 Å². The van der Waals surface area contributed by atoms with Crippen LogP contribution in [0.25, 0.3) is 22.8 Å². The molecule has 0 radical (unpaired) electrons. The number of benzene rings is 2. The van der Waals surface area contributed by atoms with Crippen LogP contribution in [0.2, 0.25) is 0 Å². The van der Waals surface area contributed by atoms with E-state index in [0.29, 0.717) is 17.1 Å². The summed E-state index contributed by atoms with van der Waals surface area (Å²) < 4.78 is 5.37. The summed E-state index contributed by atoms with van der Waals surface area (Å²) in [4.78, 5) is 17.8. The van der Waals surface area contributed by atoms with Crippen molar-refractivity contribution in [3.8, 4) is 22.8 Å². The Morgan fingerprint density at radius 2 is 1.89 bits per heavy atom. The lowest BCUT2D eigenvalue weighted by atomic mass is 10.1. The minimum Gasteiger partial charge on any atom is -0.366 e. The molecular formula is C20H20N4O3. The number of aryl methyl sites for hydroxylation is 1. The monoisotopic (exact) mass is 364 g/mol. The minimum atomic E-state index is -0.342. The van der Waals surface area contributed by atoms with Crippen molar-refractivity contribution < 1.29 is 9.45 Å². The van der Waals surface area contributed by atoms with E-state index in [1.165, 1.54) is 12.5 Å². The summed E-state index contributed by atoms with van der Waals surface area (Å²) in [6.45, 7) is 3.68. The first-order chi connectivity index (χ1) is 13.1. The molecule has 7 nitrogen and oxygen atoms in total. The molecule has 138 valence electrons. The molecule has 27 heavy (non-hydrogen) atoms. The number of nitrogens with zero attached hydrogens (tertiary/aromatic N) is 4. The van der Waals surface area contributed by atoms with Crippen LogP contribution in [0.15, 0.2) is 47.0 Å². The van der Waals surface area contributed by atoms with Gasteiger partial charge in [0.2, 0.25) is 5.82 Å². The molecule has 7 heteroatoms. The highest BCUT2D eigenvalue weighted by molar-refractivity contribution is 5.71. The van der Waals surface area contributed by atoms with Crippen molar-refractivity contribution >= 4 is 11.4 Å². The van der Waals surface area contributed by atoms with Crippen LogP contribution in [0.3, 0.4) is 0 Å². The molecule has 1 aromatic heterocycles. The van der Waals surface area contributed by atoms with Gasteiger partial charge in [0.1, 0.15) is 5.69 Å². The average Bonchev–Trinajstić information content (AvgIpc) is 3.18. The zero-order valence-corrected chi connectivity index (χ0v) is 15.1. The zero-order valence-electron chi connectivity index (χ0n) is 15.1. The van der Waals surface area contributed by atoms with Gasteiger partial charge in [-0.1, -0.05) is 28.9 Å². The fraction of sp³-hybridized carbons (Fsp3) is 0.300. The second kappa shape index (κ2) is 7.19. The number of nitro groups is 1. The van der Waals surface area contributed by atoms with Gasteiger partial charge in [-0.25, -0.2) is 0 Å². The maximum absolute atomic E-state index is 11.6. The van der Waals surface area contributed by atoms with Crippen molar-refractivity contribution in [2.24, 2.45) is 0 Å². The lowest BCUT2D eigenvalue weighted by Gasteiger charge is -2.28. The van der Waals surface area contributed by atoms with Crippen LogP contribution >= 0.6 is 0 Å². The zero-order chi connectivity index (χ0) is 18.8. The lowest BCUT2D eigenvalue weighted by Crippen LogP contribution is -2.29. The van der Waals surface area contributed by atoms with Gasteiger partial charge in [-0.15, -0.1) is 0 Å². The molecule has 1 fully saturated rings. The summed E-state index contributed by atoms with van der Waals surface area (Å²) in [7, 11) is 0. The van der Waals surface area contributed by atoms with Crippen molar-refractivity contribution in [1.82, 2.24) is 10.1 Å². The standard InChI is InChI=1S/C20H20N4O3/c1-14-6-5-7-15(12-14)19-21-20(27-22-19)16-8-9-17(18(13-16)24(25)26)23-10-3-2-4-11-23/h5-9,12-13H,2-4,10-11H2,1H3. The number of rotatable bonds is 4. The van der Waals surface area contributed by atoms with E-state index in [1.807, 2.05) is 37.3 Å². The van der Waals surface area contributed by atoms with E-state index in [0.717, 1.165) is 37.1 Å². The quantitative estimate of drug-likeness (QED) is 0.496. The first-order valence-electron chi connectivity index (χ1n) is 9.06. The number of nitro benzene ring substituents is 1. The molecule has 0 N–H and O–H groups in total. The van der Waals surface area contributed by atoms with Crippen molar-refractivity contribution in [2.75, 3.05) is 18.0 Å². The Morgan fingerprint density at radius 3 is 2.63 bits per heavy atom. The lowest BCUT2D eigenvalue weighted by molar-refractivity contribution is -0.384. The van der Waals surface area contributed by atoms with E-state index >= 15 is 0 Å². The van der Waals surface area contributed by atoms with Gasteiger partial charge in [0, 0.05) is 30.3 Å². The van der Waals surface area contributed by atoms with Crippen LogP contribution in [0.4, 0.5) is 11.4 Å². The average molecular weight is 364 g/mol. The van der Waals surface area contributed by atoms with Crippen molar-refractivity contribution in [1.29, 1.82) is 0 Å². The maximum atomic E-state index is 11.6. The molecule has 0 atom stereocenters. The van der Waals surface area contributed by atoms with Gasteiger partial charge in [0.15, 0.2) is 0 Å². The fourth-order valence-electron chi connectivity index (χ4n) is 3.45. The molecule has 1 saturated heterocycles. The van der Waals surface area contributed by atoms with E-state index in [4.69, 9.17) is 4.52 Å². The van der Waals surface area contributed by atoms with Crippen LogP contribution in [-0.4, -0.2) is 28.2 Å². The van der Waals surface area contributed by atoms with Crippen LogP contribution < -0.4 is 4.90 Å². The largest absolute Gasteiger partial charge is 0.366 e. The summed E-state index contributed by atoms with van der Waals surface area (Å²) >= 11 is 0. The molecular weight excluding hydrogens is 344 g/mol. The highest BCUT2D eigenvalue weighted by Gasteiger charge is 2.23. The SMILES string of the molecule is Cc1cccc(-c2noc(-c3ccc(N4CCCCC4)c([N+](=O)[O-])c3)n2)c1. The maximum Gasteiger partial charge on any atom is 0.293 e. The molecule has 4 rings (SSSR count). The number of anilines is 1. The van der Waals surface area contributed by atoms with Crippen LogP contribution in [-0.2, 0) is 0 Å². The van der Waals surface area contributed by atoms with Gasteiger partial charge in [0.05, 0.1) is 4.92 Å². The summed E-state index contributed by atoms with van der Waals surface area (Å²) in [6.07, 6.45) is 3.29. The van der Waals surface area contributed by atoms with Crippen molar-refractivity contribution in [2.45, 2.75) is 26.2 Å². The van der Waals surface area contributed by atoms with Gasteiger partial charge in [-0.2, -0.15) is 4.98 Å². The third-order valence-corrected chi connectivity index (χ3v) is 4.82. The van der Waals surface area contributed by atoms with Crippen LogP contribution in [0.5, 0.6) is 0 Å². The molecule has 0 aliphatic carbocycles. The number of hydrogen-bond acceptors (Lipinski definition) is 6. The van der Waals surface area contributed by atoms with E-state index in [2.05, 4.69) is 15.0 Å². The molecule has 0 saturated carbocycles. The molecule has 2 aromatic carbocycles. The Labute approximate surface area is 156 Å². The second-order valence-electron chi connectivity index (χ2n) is 6.80. The van der Waals surface area contributed by atoms with Crippen LogP contribution in [0.1, 0.15) is 24.8 Å². The normalized spacial score (nSPS) is 14.3. The second-order valence-corrected chi connectivity index (χ2v) is 6.80. The minimum absolute atomic E-state index is 0.0738. The van der Waals surface area contributed by atoms with Gasteiger partial charge in [-0.05, 0) is 44.4 Å². The molecule has 1 aliphatic rings. The smallest absolute Gasteiger partial charge is 0.293 e.